The number of aryl methyl sites for hydroxylation is 1. The summed E-state index contributed by atoms with van der Waals surface area (Å²) in [5.74, 6) is 1.16. The molecule has 134 valence electrons. The van der Waals surface area contributed by atoms with Gasteiger partial charge in [-0.1, -0.05) is 17.8 Å². The van der Waals surface area contributed by atoms with Crippen LogP contribution >= 0.6 is 11.8 Å². The van der Waals surface area contributed by atoms with Crippen LogP contribution in [0.15, 0.2) is 17.8 Å². The van der Waals surface area contributed by atoms with E-state index < -0.39 is 0 Å². The lowest BCUT2D eigenvalue weighted by Gasteiger charge is -2.40. The average Bonchev–Trinajstić information content (AvgIpc) is 2.93. The summed E-state index contributed by atoms with van der Waals surface area (Å²) in [5, 5.41) is 11.9. The predicted octanol–water partition coefficient (Wildman–Crippen LogP) is 1.09. The molecule has 24 heavy (non-hydrogen) atoms. The third-order valence-corrected chi connectivity index (χ3v) is 5.10. The first-order valence-corrected chi connectivity index (χ1v) is 9.15. The molecule has 1 aliphatic rings. The van der Waals surface area contributed by atoms with Gasteiger partial charge in [-0.15, -0.1) is 16.8 Å². The number of nitrogens with one attached hydrogen (secondary N) is 1. The minimum absolute atomic E-state index is 0.00661. The van der Waals surface area contributed by atoms with Crippen molar-refractivity contribution in [3.8, 4) is 0 Å². The van der Waals surface area contributed by atoms with Gasteiger partial charge in [-0.3, -0.25) is 9.69 Å². The minimum atomic E-state index is -0.0798. The number of hydrogen-bond donors (Lipinski definition) is 1. The first-order chi connectivity index (χ1) is 11.4. The molecule has 7 nitrogen and oxygen atoms in total. The molecule has 1 aromatic rings. The Morgan fingerprint density at radius 3 is 2.79 bits per heavy atom. The SMILES string of the molecule is C=CCn1c(C)nnc1SCC(=O)NCC(C)(C)N1CCOCC1. The van der Waals surface area contributed by atoms with Crippen LogP contribution in [0.3, 0.4) is 0 Å². The zero-order chi connectivity index (χ0) is 17.6. The van der Waals surface area contributed by atoms with Gasteiger partial charge in [-0.2, -0.15) is 0 Å². The first-order valence-electron chi connectivity index (χ1n) is 8.17. The maximum atomic E-state index is 12.2. The third kappa shape index (κ3) is 5.06. The Balaban J connectivity index is 1.80. The molecule has 1 aliphatic heterocycles. The fraction of sp³-hybridized carbons (Fsp3) is 0.688. The zero-order valence-electron chi connectivity index (χ0n) is 14.7. The highest BCUT2D eigenvalue weighted by molar-refractivity contribution is 7.99. The van der Waals surface area contributed by atoms with Gasteiger partial charge in [-0.05, 0) is 20.8 Å². The second kappa shape index (κ2) is 8.64. The summed E-state index contributed by atoms with van der Waals surface area (Å²) in [6, 6.07) is 0. The van der Waals surface area contributed by atoms with E-state index >= 15 is 0 Å². The Kier molecular flexibility index (Phi) is 6.82. The molecule has 1 fully saturated rings. The second-order valence-electron chi connectivity index (χ2n) is 6.41. The molecular formula is C16H27N5O2S. The summed E-state index contributed by atoms with van der Waals surface area (Å²) >= 11 is 1.40. The van der Waals surface area contributed by atoms with E-state index in [4.69, 9.17) is 4.74 Å². The van der Waals surface area contributed by atoms with Crippen molar-refractivity contribution in [3.63, 3.8) is 0 Å². The topological polar surface area (TPSA) is 72.3 Å². The van der Waals surface area contributed by atoms with Crippen LogP contribution in [0.1, 0.15) is 19.7 Å². The fourth-order valence-electron chi connectivity index (χ4n) is 2.58. The summed E-state index contributed by atoms with van der Waals surface area (Å²) in [6.07, 6.45) is 1.80. The van der Waals surface area contributed by atoms with Crippen LogP contribution < -0.4 is 5.32 Å². The van der Waals surface area contributed by atoms with E-state index in [1.807, 2.05) is 11.5 Å². The summed E-state index contributed by atoms with van der Waals surface area (Å²) in [4.78, 5) is 14.5. The molecule has 0 aliphatic carbocycles. The van der Waals surface area contributed by atoms with Crippen molar-refractivity contribution in [2.45, 2.75) is 38.0 Å². The van der Waals surface area contributed by atoms with E-state index in [0.29, 0.717) is 18.8 Å². The summed E-state index contributed by atoms with van der Waals surface area (Å²) in [7, 11) is 0. The van der Waals surface area contributed by atoms with Gasteiger partial charge in [-0.25, -0.2) is 0 Å². The summed E-state index contributed by atoms with van der Waals surface area (Å²) in [5.41, 5.74) is -0.0798. The molecule has 1 N–H and O–H groups in total. The van der Waals surface area contributed by atoms with Crippen molar-refractivity contribution in [2.24, 2.45) is 0 Å². The molecule has 8 heteroatoms. The van der Waals surface area contributed by atoms with Crippen molar-refractivity contribution < 1.29 is 9.53 Å². The number of aromatic nitrogens is 3. The molecule has 1 amide bonds. The van der Waals surface area contributed by atoms with E-state index in [2.05, 4.69) is 40.8 Å². The van der Waals surface area contributed by atoms with E-state index in [1.165, 1.54) is 11.8 Å². The van der Waals surface area contributed by atoms with Gasteiger partial charge in [0.15, 0.2) is 5.16 Å². The van der Waals surface area contributed by atoms with Gasteiger partial charge < -0.3 is 14.6 Å². The van der Waals surface area contributed by atoms with Crippen LogP contribution in [0.25, 0.3) is 0 Å². The third-order valence-electron chi connectivity index (χ3n) is 4.13. The molecular weight excluding hydrogens is 326 g/mol. The highest BCUT2D eigenvalue weighted by atomic mass is 32.2. The second-order valence-corrected chi connectivity index (χ2v) is 7.35. The van der Waals surface area contributed by atoms with E-state index in [-0.39, 0.29) is 11.4 Å². The molecule has 0 atom stereocenters. The molecule has 0 saturated carbocycles. The number of allylic oxidation sites excluding steroid dienone is 1. The molecule has 0 radical (unpaired) electrons. The largest absolute Gasteiger partial charge is 0.379 e. The number of ether oxygens (including phenoxy) is 1. The maximum absolute atomic E-state index is 12.2. The number of nitrogens with zero attached hydrogens (tertiary/aromatic N) is 4. The standard InChI is InChI=1S/C16H27N5O2S/c1-5-6-21-13(2)18-19-15(21)24-11-14(22)17-12-16(3,4)20-7-9-23-10-8-20/h5H,1,6-12H2,2-4H3,(H,17,22). The Bertz CT molecular complexity index is 567. The average molecular weight is 353 g/mol. The van der Waals surface area contributed by atoms with Crippen molar-refractivity contribution in [3.05, 3.63) is 18.5 Å². The molecule has 1 aromatic heterocycles. The first kappa shape index (κ1) is 19.0. The Hall–Kier alpha value is -1.38. The van der Waals surface area contributed by atoms with Crippen molar-refractivity contribution in [2.75, 3.05) is 38.6 Å². The lowest BCUT2D eigenvalue weighted by molar-refractivity contribution is -0.119. The normalized spacial score (nSPS) is 16.1. The van der Waals surface area contributed by atoms with Gasteiger partial charge >= 0.3 is 0 Å². The fourth-order valence-corrected chi connectivity index (χ4v) is 3.41. The van der Waals surface area contributed by atoms with Crippen molar-refractivity contribution in [1.29, 1.82) is 0 Å². The summed E-state index contributed by atoms with van der Waals surface area (Å²) < 4.78 is 7.33. The Labute approximate surface area is 147 Å². The van der Waals surface area contributed by atoms with Gasteiger partial charge in [0.2, 0.25) is 5.91 Å². The number of carbonyl (C=O) groups excluding carboxylic acids is 1. The quantitative estimate of drug-likeness (QED) is 0.557. The molecule has 0 unspecified atom stereocenters. The van der Waals surface area contributed by atoms with E-state index in [1.54, 1.807) is 6.08 Å². The van der Waals surface area contributed by atoms with Gasteiger partial charge in [0.1, 0.15) is 5.82 Å². The van der Waals surface area contributed by atoms with Gasteiger partial charge in [0.05, 0.1) is 19.0 Å². The summed E-state index contributed by atoms with van der Waals surface area (Å²) in [6.45, 7) is 14.5. The van der Waals surface area contributed by atoms with Crippen LogP contribution in [0.5, 0.6) is 0 Å². The highest BCUT2D eigenvalue weighted by Gasteiger charge is 2.28. The Morgan fingerprint density at radius 2 is 2.12 bits per heavy atom. The van der Waals surface area contributed by atoms with E-state index in [0.717, 1.165) is 37.3 Å². The maximum Gasteiger partial charge on any atom is 0.230 e. The van der Waals surface area contributed by atoms with Crippen LogP contribution in [0.2, 0.25) is 0 Å². The Morgan fingerprint density at radius 1 is 1.42 bits per heavy atom. The zero-order valence-corrected chi connectivity index (χ0v) is 15.6. The number of carbonyl (C=O) groups is 1. The van der Waals surface area contributed by atoms with E-state index in [9.17, 15) is 4.79 Å². The molecule has 2 heterocycles. The van der Waals surface area contributed by atoms with Crippen LogP contribution in [0, 0.1) is 6.92 Å². The molecule has 0 spiro atoms. The number of morpholine rings is 1. The van der Waals surface area contributed by atoms with Crippen LogP contribution in [-0.2, 0) is 16.1 Å². The van der Waals surface area contributed by atoms with Crippen molar-refractivity contribution in [1.82, 2.24) is 25.0 Å². The van der Waals surface area contributed by atoms with Gasteiger partial charge in [0, 0.05) is 31.7 Å². The van der Waals surface area contributed by atoms with Crippen LogP contribution in [0.4, 0.5) is 0 Å². The monoisotopic (exact) mass is 353 g/mol. The van der Waals surface area contributed by atoms with Crippen LogP contribution in [-0.4, -0.2) is 69.7 Å². The number of thioether (sulfide) groups is 1. The molecule has 0 aromatic carbocycles. The minimum Gasteiger partial charge on any atom is -0.379 e. The lowest BCUT2D eigenvalue weighted by Crippen LogP contribution is -2.55. The predicted molar refractivity (Wildman–Crippen MR) is 95.2 cm³/mol. The molecule has 0 bridgehead atoms. The lowest BCUT2D eigenvalue weighted by atomic mass is 10.0. The number of amides is 1. The smallest absolute Gasteiger partial charge is 0.230 e. The van der Waals surface area contributed by atoms with Gasteiger partial charge in [0.25, 0.3) is 0 Å². The number of hydrogen-bond acceptors (Lipinski definition) is 6. The number of rotatable bonds is 8. The highest BCUT2D eigenvalue weighted by Crippen LogP contribution is 2.18. The molecule has 2 rings (SSSR count). The molecule has 1 saturated heterocycles. The van der Waals surface area contributed by atoms with Crippen molar-refractivity contribution >= 4 is 17.7 Å².